The van der Waals surface area contributed by atoms with Crippen LogP contribution in [0.5, 0.6) is 0 Å². The summed E-state index contributed by atoms with van der Waals surface area (Å²) in [5.41, 5.74) is 2.01. The molecule has 2 rings (SSSR count). The molecule has 1 aliphatic rings. The lowest BCUT2D eigenvalue weighted by Crippen LogP contribution is -3.16. The van der Waals surface area contributed by atoms with Gasteiger partial charge in [-0.1, -0.05) is 29.8 Å². The average molecular weight is 248 g/mol. The molecule has 3 heteroatoms. The third-order valence-corrected chi connectivity index (χ3v) is 3.40. The van der Waals surface area contributed by atoms with Crippen molar-refractivity contribution in [3.05, 3.63) is 35.4 Å². The van der Waals surface area contributed by atoms with Crippen molar-refractivity contribution in [3.8, 4) is 0 Å². The summed E-state index contributed by atoms with van der Waals surface area (Å²) in [5, 5.41) is 0. The van der Waals surface area contributed by atoms with E-state index in [1.54, 1.807) is 0 Å². The topological polar surface area (TPSA) is 30.7 Å². The summed E-state index contributed by atoms with van der Waals surface area (Å²) in [6.45, 7) is 8.59. The van der Waals surface area contributed by atoms with Crippen molar-refractivity contribution in [2.24, 2.45) is 0 Å². The summed E-state index contributed by atoms with van der Waals surface area (Å²) in [4.78, 5) is 13.5. The number of rotatable bonds is 3. The highest BCUT2D eigenvalue weighted by molar-refractivity contribution is 5.96. The van der Waals surface area contributed by atoms with E-state index in [1.165, 1.54) is 10.5 Å². The van der Waals surface area contributed by atoms with E-state index >= 15 is 0 Å². The van der Waals surface area contributed by atoms with Gasteiger partial charge in [0, 0.05) is 5.56 Å². The molecule has 1 saturated heterocycles. The predicted molar refractivity (Wildman–Crippen MR) is 71.1 cm³/mol. The van der Waals surface area contributed by atoms with Crippen LogP contribution in [0.4, 0.5) is 0 Å². The number of aryl methyl sites for hydroxylation is 1. The minimum absolute atomic E-state index is 0.228. The molecule has 3 atom stereocenters. The van der Waals surface area contributed by atoms with E-state index < -0.39 is 0 Å². The predicted octanol–water partition coefficient (Wildman–Crippen LogP) is 0.870. The molecule has 0 saturated carbocycles. The van der Waals surface area contributed by atoms with Crippen LogP contribution in [-0.4, -0.2) is 37.6 Å². The zero-order valence-electron chi connectivity index (χ0n) is 11.4. The monoisotopic (exact) mass is 248 g/mol. The summed E-state index contributed by atoms with van der Waals surface area (Å²) in [5.74, 6) is 0.228. The Morgan fingerprint density at radius 3 is 2.33 bits per heavy atom. The molecule has 0 aliphatic carbocycles. The molecule has 1 heterocycles. The maximum Gasteiger partial charge on any atom is 0.216 e. The second-order valence-electron chi connectivity index (χ2n) is 5.38. The first-order valence-corrected chi connectivity index (χ1v) is 6.63. The third-order valence-electron chi connectivity index (χ3n) is 3.40. The second-order valence-corrected chi connectivity index (χ2v) is 5.38. The van der Waals surface area contributed by atoms with E-state index in [0.29, 0.717) is 6.54 Å². The quantitative estimate of drug-likeness (QED) is 0.805. The molecular weight excluding hydrogens is 226 g/mol. The molecule has 1 N–H and O–H groups in total. The van der Waals surface area contributed by atoms with Crippen molar-refractivity contribution >= 4 is 5.78 Å². The third kappa shape index (κ3) is 3.40. The minimum Gasteiger partial charge on any atom is -0.364 e. The largest absolute Gasteiger partial charge is 0.364 e. The number of hydrogen-bond acceptors (Lipinski definition) is 2. The highest BCUT2D eigenvalue weighted by Gasteiger charge is 2.27. The van der Waals surface area contributed by atoms with E-state index in [-0.39, 0.29) is 18.0 Å². The van der Waals surface area contributed by atoms with E-state index in [2.05, 4.69) is 13.8 Å². The number of carbonyl (C=O) groups is 1. The fourth-order valence-electron chi connectivity index (χ4n) is 2.60. The first-order valence-electron chi connectivity index (χ1n) is 6.63. The van der Waals surface area contributed by atoms with E-state index in [9.17, 15) is 4.79 Å². The Bertz CT molecular complexity index is 403. The van der Waals surface area contributed by atoms with Gasteiger partial charge in [0.25, 0.3) is 0 Å². The molecule has 0 radical (unpaired) electrons. The van der Waals surface area contributed by atoms with Gasteiger partial charge in [0.2, 0.25) is 5.78 Å². The maximum absolute atomic E-state index is 12.2. The number of benzene rings is 1. The SMILES string of the molecule is Cc1ccc(C(=O)C[NH+]2C[C@@H](C)O[C@@H](C)C2)cc1. The van der Waals surface area contributed by atoms with Crippen molar-refractivity contribution < 1.29 is 14.4 Å². The van der Waals surface area contributed by atoms with Crippen LogP contribution in [0.15, 0.2) is 24.3 Å². The number of ether oxygens (including phenoxy) is 1. The van der Waals surface area contributed by atoms with E-state index in [4.69, 9.17) is 4.74 Å². The number of hydrogen-bond donors (Lipinski definition) is 1. The molecule has 0 spiro atoms. The van der Waals surface area contributed by atoms with E-state index in [0.717, 1.165) is 18.7 Å². The van der Waals surface area contributed by atoms with E-state index in [1.807, 2.05) is 31.2 Å². The fourth-order valence-corrected chi connectivity index (χ4v) is 2.60. The van der Waals surface area contributed by atoms with Crippen LogP contribution in [0.25, 0.3) is 0 Å². The number of ketones is 1. The van der Waals surface area contributed by atoms with Crippen LogP contribution in [0.1, 0.15) is 29.8 Å². The second kappa shape index (κ2) is 5.63. The molecule has 3 nitrogen and oxygen atoms in total. The molecular formula is C15H22NO2+. The fraction of sp³-hybridized carbons (Fsp3) is 0.533. The van der Waals surface area contributed by atoms with Crippen LogP contribution in [0.2, 0.25) is 0 Å². The summed E-state index contributed by atoms with van der Waals surface area (Å²) < 4.78 is 5.69. The van der Waals surface area contributed by atoms with Crippen LogP contribution in [0, 0.1) is 6.92 Å². The average Bonchev–Trinajstić information content (AvgIpc) is 2.28. The van der Waals surface area contributed by atoms with Crippen LogP contribution in [-0.2, 0) is 4.74 Å². The molecule has 1 aliphatic heterocycles. The van der Waals surface area contributed by atoms with Crippen molar-refractivity contribution in [2.75, 3.05) is 19.6 Å². The van der Waals surface area contributed by atoms with Crippen molar-refractivity contribution in [2.45, 2.75) is 33.0 Å². The smallest absolute Gasteiger partial charge is 0.216 e. The summed E-state index contributed by atoms with van der Waals surface area (Å²) >= 11 is 0. The Labute approximate surface area is 109 Å². The zero-order chi connectivity index (χ0) is 13.1. The van der Waals surface area contributed by atoms with Gasteiger partial charge in [-0.3, -0.25) is 4.79 Å². The minimum atomic E-state index is 0.228. The molecule has 98 valence electrons. The lowest BCUT2D eigenvalue weighted by atomic mass is 10.1. The Morgan fingerprint density at radius 2 is 1.78 bits per heavy atom. The van der Waals surface area contributed by atoms with Crippen molar-refractivity contribution in [3.63, 3.8) is 0 Å². The normalized spacial score (nSPS) is 28.1. The highest BCUT2D eigenvalue weighted by atomic mass is 16.5. The Hall–Kier alpha value is -1.19. The molecule has 1 aromatic carbocycles. The Balaban J connectivity index is 1.96. The van der Waals surface area contributed by atoms with Gasteiger partial charge in [-0.05, 0) is 20.8 Å². The van der Waals surface area contributed by atoms with Crippen LogP contribution in [0.3, 0.4) is 0 Å². The summed E-state index contributed by atoms with van der Waals surface area (Å²) in [7, 11) is 0. The van der Waals surface area contributed by atoms with Crippen molar-refractivity contribution in [1.29, 1.82) is 0 Å². The lowest BCUT2D eigenvalue weighted by molar-refractivity contribution is -0.906. The molecule has 1 aromatic rings. The van der Waals surface area contributed by atoms with Gasteiger partial charge in [-0.25, -0.2) is 0 Å². The molecule has 1 fully saturated rings. The molecule has 0 bridgehead atoms. The van der Waals surface area contributed by atoms with Gasteiger partial charge in [0.1, 0.15) is 31.8 Å². The number of nitrogens with one attached hydrogen (secondary N) is 1. The number of Topliss-reactive ketones (excluding diaryl/α,β-unsaturated/α-hetero) is 1. The number of morpholine rings is 1. The summed E-state index contributed by atoms with van der Waals surface area (Å²) in [6, 6.07) is 7.83. The first kappa shape index (κ1) is 13.2. The molecule has 0 aromatic heterocycles. The van der Waals surface area contributed by atoms with Crippen molar-refractivity contribution in [1.82, 2.24) is 0 Å². The van der Waals surface area contributed by atoms with Gasteiger partial charge in [0.05, 0.1) is 0 Å². The first-order chi connectivity index (χ1) is 8.54. The molecule has 1 unspecified atom stereocenters. The van der Waals surface area contributed by atoms with Gasteiger partial charge in [-0.2, -0.15) is 0 Å². The van der Waals surface area contributed by atoms with Gasteiger partial charge >= 0.3 is 0 Å². The Morgan fingerprint density at radius 1 is 1.22 bits per heavy atom. The number of quaternary nitrogens is 1. The maximum atomic E-state index is 12.2. The highest BCUT2D eigenvalue weighted by Crippen LogP contribution is 2.04. The summed E-state index contributed by atoms with van der Waals surface area (Å²) in [6.07, 6.45) is 0.490. The molecule has 18 heavy (non-hydrogen) atoms. The zero-order valence-corrected chi connectivity index (χ0v) is 11.4. The van der Waals surface area contributed by atoms with Crippen LogP contribution < -0.4 is 4.90 Å². The Kier molecular flexibility index (Phi) is 4.15. The molecule has 0 amide bonds. The standard InChI is InChI=1S/C15H21NO2/c1-11-4-6-14(7-5-11)15(17)10-16-8-12(2)18-13(3)9-16/h4-7,12-13H,8-10H2,1-3H3/p+1/t12-,13+. The van der Waals surface area contributed by atoms with Crippen LogP contribution >= 0.6 is 0 Å². The van der Waals surface area contributed by atoms with Gasteiger partial charge < -0.3 is 9.64 Å². The lowest BCUT2D eigenvalue weighted by Gasteiger charge is -2.31. The number of carbonyl (C=O) groups excluding carboxylic acids is 1. The van der Waals surface area contributed by atoms with Gasteiger partial charge in [0.15, 0.2) is 0 Å². The van der Waals surface area contributed by atoms with Gasteiger partial charge in [-0.15, -0.1) is 0 Å².